The molecule has 3 rings (SSSR count). The highest BCUT2D eigenvalue weighted by atomic mass is 79.9. The summed E-state index contributed by atoms with van der Waals surface area (Å²) in [6, 6.07) is 3.28. The lowest BCUT2D eigenvalue weighted by molar-refractivity contribution is 0.0486. The van der Waals surface area contributed by atoms with E-state index in [1.165, 1.54) is 12.8 Å². The van der Waals surface area contributed by atoms with Crippen LogP contribution in [0.1, 0.15) is 31.7 Å². The summed E-state index contributed by atoms with van der Waals surface area (Å²) < 4.78 is 0.980. The zero-order chi connectivity index (χ0) is 12.8. The molecule has 1 aromatic heterocycles. The normalized spacial score (nSPS) is 32.9. The summed E-state index contributed by atoms with van der Waals surface area (Å²) in [7, 11) is 0. The zero-order valence-electron chi connectivity index (χ0n) is 10.6. The van der Waals surface area contributed by atoms with E-state index < -0.39 is 5.60 Å². The first-order chi connectivity index (χ1) is 8.56. The summed E-state index contributed by atoms with van der Waals surface area (Å²) in [6.07, 6.45) is 7.81. The number of aliphatic hydroxyl groups is 1. The molecule has 2 atom stereocenters. The van der Waals surface area contributed by atoms with Gasteiger partial charge < -0.3 is 5.11 Å². The lowest BCUT2D eigenvalue weighted by atomic mass is 9.93. The van der Waals surface area contributed by atoms with Crippen molar-refractivity contribution in [3.63, 3.8) is 0 Å². The number of hydrogen-bond acceptors (Lipinski definition) is 3. The van der Waals surface area contributed by atoms with E-state index in [2.05, 4.69) is 38.8 Å². The Labute approximate surface area is 116 Å². The largest absolute Gasteiger partial charge is 0.388 e. The fourth-order valence-corrected chi connectivity index (χ4v) is 3.60. The number of rotatable bonds is 3. The third kappa shape index (κ3) is 2.60. The second-order valence-corrected chi connectivity index (χ2v) is 6.78. The molecule has 1 saturated carbocycles. The molecule has 1 aliphatic heterocycles. The Kier molecular flexibility index (Phi) is 3.20. The second kappa shape index (κ2) is 4.58. The van der Waals surface area contributed by atoms with Crippen LogP contribution in [0.25, 0.3) is 0 Å². The second-order valence-electron chi connectivity index (χ2n) is 5.87. The van der Waals surface area contributed by atoms with Gasteiger partial charge in [-0.1, -0.05) is 0 Å². The maximum absolute atomic E-state index is 10.8. The van der Waals surface area contributed by atoms with E-state index in [0.29, 0.717) is 12.5 Å². The third-order valence-corrected chi connectivity index (χ3v) is 4.46. The van der Waals surface area contributed by atoms with Crippen LogP contribution in [0.3, 0.4) is 0 Å². The standard InChI is InChI=1S/C14H19BrN2O/c1-10-5-14(18,9-17(10)13-2-3-13)6-11-4-12(15)8-16-7-11/h4,7-8,10,13,18H,2-3,5-6,9H2,1H3. The molecule has 18 heavy (non-hydrogen) atoms. The Balaban J connectivity index is 1.72. The molecule has 0 aromatic carbocycles. The molecule has 0 amide bonds. The van der Waals surface area contributed by atoms with Crippen molar-refractivity contribution in [2.75, 3.05) is 6.54 Å². The van der Waals surface area contributed by atoms with Crippen LogP contribution >= 0.6 is 15.9 Å². The quantitative estimate of drug-likeness (QED) is 0.931. The van der Waals surface area contributed by atoms with Crippen molar-refractivity contribution in [1.82, 2.24) is 9.88 Å². The number of aromatic nitrogens is 1. The van der Waals surface area contributed by atoms with Crippen molar-refractivity contribution in [2.24, 2.45) is 0 Å². The van der Waals surface area contributed by atoms with Crippen LogP contribution < -0.4 is 0 Å². The van der Waals surface area contributed by atoms with E-state index >= 15 is 0 Å². The molecule has 1 N–H and O–H groups in total. The van der Waals surface area contributed by atoms with Gasteiger partial charge in [0, 0.05) is 41.9 Å². The number of β-amino-alcohol motifs (C(OH)–C–C–N with tert-alkyl or cyclic N) is 1. The molecule has 1 aromatic rings. The first kappa shape index (κ1) is 12.6. The Morgan fingerprint density at radius 1 is 1.50 bits per heavy atom. The van der Waals surface area contributed by atoms with Gasteiger partial charge in [0.1, 0.15) is 0 Å². The number of halogens is 1. The third-order valence-electron chi connectivity index (χ3n) is 4.03. The Morgan fingerprint density at radius 3 is 2.94 bits per heavy atom. The molecule has 0 radical (unpaired) electrons. The van der Waals surface area contributed by atoms with E-state index in [9.17, 15) is 5.11 Å². The van der Waals surface area contributed by atoms with Crippen LogP contribution in [0.5, 0.6) is 0 Å². The topological polar surface area (TPSA) is 36.4 Å². The van der Waals surface area contributed by atoms with Crippen molar-refractivity contribution in [1.29, 1.82) is 0 Å². The first-order valence-electron chi connectivity index (χ1n) is 6.63. The lowest BCUT2D eigenvalue weighted by Crippen LogP contribution is -2.36. The van der Waals surface area contributed by atoms with E-state index in [-0.39, 0.29) is 0 Å². The fourth-order valence-electron chi connectivity index (χ4n) is 3.18. The van der Waals surface area contributed by atoms with Gasteiger partial charge in [-0.3, -0.25) is 9.88 Å². The summed E-state index contributed by atoms with van der Waals surface area (Å²) in [4.78, 5) is 6.65. The number of pyridine rings is 1. The molecule has 4 heteroatoms. The van der Waals surface area contributed by atoms with Crippen molar-refractivity contribution in [3.05, 3.63) is 28.5 Å². The predicted octanol–water partition coefficient (Wildman–Crippen LogP) is 2.37. The number of likely N-dealkylation sites (tertiary alicyclic amines) is 1. The van der Waals surface area contributed by atoms with Gasteiger partial charge in [0.25, 0.3) is 0 Å². The molecule has 2 unspecified atom stereocenters. The SMILES string of the molecule is CC1CC(O)(Cc2cncc(Br)c2)CN1C1CC1. The average Bonchev–Trinajstić information content (AvgIpc) is 3.05. The van der Waals surface area contributed by atoms with Gasteiger partial charge in [0.15, 0.2) is 0 Å². The summed E-state index contributed by atoms with van der Waals surface area (Å²) in [5, 5.41) is 10.8. The summed E-state index contributed by atoms with van der Waals surface area (Å²) in [6.45, 7) is 3.04. The average molecular weight is 311 g/mol. The molecule has 2 aliphatic rings. The van der Waals surface area contributed by atoms with Crippen LogP contribution in [0, 0.1) is 0 Å². The smallest absolute Gasteiger partial charge is 0.0829 e. The highest BCUT2D eigenvalue weighted by Gasteiger charge is 2.45. The number of hydrogen-bond donors (Lipinski definition) is 1. The van der Waals surface area contributed by atoms with E-state index in [1.54, 1.807) is 6.20 Å². The van der Waals surface area contributed by atoms with Gasteiger partial charge in [-0.2, -0.15) is 0 Å². The van der Waals surface area contributed by atoms with Gasteiger partial charge in [-0.05, 0) is 53.7 Å². The minimum absolute atomic E-state index is 0.502. The van der Waals surface area contributed by atoms with Crippen LogP contribution in [0.15, 0.2) is 22.9 Å². The monoisotopic (exact) mass is 310 g/mol. The Morgan fingerprint density at radius 2 is 2.28 bits per heavy atom. The van der Waals surface area contributed by atoms with Crippen LogP contribution in [0.4, 0.5) is 0 Å². The molecule has 2 fully saturated rings. The molecule has 1 aliphatic carbocycles. The van der Waals surface area contributed by atoms with E-state index in [0.717, 1.165) is 29.0 Å². The Bertz CT molecular complexity index is 449. The van der Waals surface area contributed by atoms with Gasteiger partial charge in [-0.25, -0.2) is 0 Å². The first-order valence-corrected chi connectivity index (χ1v) is 7.43. The minimum atomic E-state index is -0.579. The van der Waals surface area contributed by atoms with Gasteiger partial charge in [0.2, 0.25) is 0 Å². The van der Waals surface area contributed by atoms with E-state index in [1.807, 2.05) is 6.20 Å². The summed E-state index contributed by atoms with van der Waals surface area (Å²) in [5.41, 5.74) is 0.529. The van der Waals surface area contributed by atoms with Gasteiger partial charge in [-0.15, -0.1) is 0 Å². The van der Waals surface area contributed by atoms with Crippen LogP contribution in [0.2, 0.25) is 0 Å². The lowest BCUT2D eigenvalue weighted by Gasteiger charge is -2.23. The maximum atomic E-state index is 10.8. The summed E-state index contributed by atoms with van der Waals surface area (Å²) >= 11 is 3.43. The molecule has 0 bridgehead atoms. The fraction of sp³-hybridized carbons (Fsp3) is 0.643. The van der Waals surface area contributed by atoms with Gasteiger partial charge >= 0.3 is 0 Å². The van der Waals surface area contributed by atoms with Crippen molar-refractivity contribution >= 4 is 15.9 Å². The van der Waals surface area contributed by atoms with Gasteiger partial charge in [0.05, 0.1) is 5.60 Å². The zero-order valence-corrected chi connectivity index (χ0v) is 12.2. The van der Waals surface area contributed by atoms with Crippen LogP contribution in [-0.4, -0.2) is 39.2 Å². The molecule has 2 heterocycles. The van der Waals surface area contributed by atoms with E-state index in [4.69, 9.17) is 0 Å². The molecular formula is C14H19BrN2O. The maximum Gasteiger partial charge on any atom is 0.0829 e. The molecule has 98 valence electrons. The molecule has 3 nitrogen and oxygen atoms in total. The molecular weight excluding hydrogens is 292 g/mol. The predicted molar refractivity (Wildman–Crippen MR) is 74.4 cm³/mol. The summed E-state index contributed by atoms with van der Waals surface area (Å²) in [5.74, 6) is 0. The molecule has 0 spiro atoms. The van der Waals surface area contributed by atoms with Crippen molar-refractivity contribution in [2.45, 2.75) is 50.3 Å². The highest BCUT2D eigenvalue weighted by Crippen LogP contribution is 2.38. The number of nitrogens with zero attached hydrogens (tertiary/aromatic N) is 2. The van der Waals surface area contributed by atoms with Crippen molar-refractivity contribution in [3.8, 4) is 0 Å². The highest BCUT2D eigenvalue weighted by molar-refractivity contribution is 9.10. The van der Waals surface area contributed by atoms with Crippen molar-refractivity contribution < 1.29 is 5.11 Å². The van der Waals surface area contributed by atoms with Crippen LogP contribution in [-0.2, 0) is 6.42 Å². The molecule has 1 saturated heterocycles. The minimum Gasteiger partial charge on any atom is -0.388 e. The Hall–Kier alpha value is -0.450.